The van der Waals surface area contributed by atoms with Crippen LogP contribution in [-0.2, 0) is 17.9 Å². The van der Waals surface area contributed by atoms with Crippen LogP contribution in [0.1, 0.15) is 29.9 Å². The molecule has 1 aromatic carbocycles. The second-order valence-corrected chi connectivity index (χ2v) is 5.49. The summed E-state index contributed by atoms with van der Waals surface area (Å²) in [5.74, 6) is -0.119. The van der Waals surface area contributed by atoms with Crippen LogP contribution in [0.3, 0.4) is 0 Å². The Morgan fingerprint density at radius 3 is 2.81 bits per heavy atom. The number of anilines is 1. The minimum absolute atomic E-state index is 0.119. The van der Waals surface area contributed by atoms with Crippen LogP contribution in [0, 0.1) is 0 Å². The molecule has 0 spiro atoms. The molecule has 0 bridgehead atoms. The number of benzene rings is 1. The van der Waals surface area contributed by atoms with Crippen molar-refractivity contribution in [2.45, 2.75) is 27.0 Å². The first-order chi connectivity index (χ1) is 10.2. The summed E-state index contributed by atoms with van der Waals surface area (Å²) in [5.41, 5.74) is 2.40. The molecule has 1 heterocycles. The fourth-order valence-corrected chi connectivity index (χ4v) is 2.56. The molecule has 0 fully saturated rings. The molecule has 2 aromatic rings. The van der Waals surface area contributed by atoms with Gasteiger partial charge in [-0.1, -0.05) is 18.2 Å². The average Bonchev–Trinajstić information content (AvgIpc) is 2.87. The molecular formula is C16H19BrN2O2. The number of hydrogen-bond acceptors (Lipinski definition) is 2. The van der Waals surface area contributed by atoms with Crippen LogP contribution >= 0.6 is 15.9 Å². The Labute approximate surface area is 133 Å². The standard InChI is InChI=1S/C16H19BrN2O2/c1-3-19-10-13(17)9-15(19)16(20)18-14-8-6-5-7-12(14)11-21-4-2/h5-10H,3-4,11H2,1-2H3,(H,18,20). The van der Waals surface area contributed by atoms with Crippen LogP contribution in [0.2, 0.25) is 0 Å². The minimum atomic E-state index is -0.119. The Morgan fingerprint density at radius 2 is 2.10 bits per heavy atom. The summed E-state index contributed by atoms with van der Waals surface area (Å²) in [5, 5.41) is 2.96. The van der Waals surface area contributed by atoms with E-state index in [1.807, 2.05) is 54.9 Å². The SMILES string of the molecule is CCOCc1ccccc1NC(=O)c1cc(Br)cn1CC. The van der Waals surface area contributed by atoms with Gasteiger partial charge in [0, 0.05) is 35.1 Å². The molecule has 0 unspecified atom stereocenters. The molecule has 0 atom stereocenters. The van der Waals surface area contributed by atoms with Gasteiger partial charge in [0.2, 0.25) is 0 Å². The van der Waals surface area contributed by atoms with Gasteiger partial charge in [0.15, 0.2) is 0 Å². The summed E-state index contributed by atoms with van der Waals surface area (Å²) in [6.07, 6.45) is 1.90. The maximum absolute atomic E-state index is 12.4. The molecule has 0 saturated carbocycles. The smallest absolute Gasteiger partial charge is 0.272 e. The number of nitrogens with zero attached hydrogens (tertiary/aromatic N) is 1. The number of rotatable bonds is 6. The Kier molecular flexibility index (Phi) is 5.59. The Hall–Kier alpha value is -1.59. The van der Waals surface area contributed by atoms with E-state index in [1.165, 1.54) is 0 Å². The van der Waals surface area contributed by atoms with E-state index in [2.05, 4.69) is 21.2 Å². The number of aryl methyl sites for hydroxylation is 1. The number of carbonyl (C=O) groups excluding carboxylic acids is 1. The number of carbonyl (C=O) groups is 1. The van der Waals surface area contributed by atoms with Crippen LogP contribution in [0.25, 0.3) is 0 Å². The van der Waals surface area contributed by atoms with Crippen molar-refractivity contribution in [3.8, 4) is 0 Å². The van der Waals surface area contributed by atoms with E-state index in [4.69, 9.17) is 4.74 Å². The summed E-state index contributed by atoms with van der Waals surface area (Å²) in [6, 6.07) is 9.51. The van der Waals surface area contributed by atoms with Crippen LogP contribution in [0.15, 0.2) is 41.0 Å². The molecule has 2 rings (SSSR count). The van der Waals surface area contributed by atoms with Gasteiger partial charge in [0.1, 0.15) is 5.69 Å². The summed E-state index contributed by atoms with van der Waals surface area (Å²) < 4.78 is 8.24. The zero-order valence-corrected chi connectivity index (χ0v) is 13.8. The summed E-state index contributed by atoms with van der Waals surface area (Å²) in [6.45, 7) is 5.84. The van der Waals surface area contributed by atoms with Crippen LogP contribution in [-0.4, -0.2) is 17.1 Å². The van der Waals surface area contributed by atoms with Crippen LogP contribution in [0.4, 0.5) is 5.69 Å². The second-order valence-electron chi connectivity index (χ2n) is 4.58. The van der Waals surface area contributed by atoms with Gasteiger partial charge in [-0.3, -0.25) is 4.79 Å². The zero-order valence-electron chi connectivity index (χ0n) is 12.2. The molecule has 0 aliphatic heterocycles. The van der Waals surface area contributed by atoms with E-state index >= 15 is 0 Å². The van der Waals surface area contributed by atoms with Gasteiger partial charge in [0.05, 0.1) is 6.61 Å². The predicted octanol–water partition coefficient (Wildman–Crippen LogP) is 4.06. The molecule has 4 nitrogen and oxygen atoms in total. The van der Waals surface area contributed by atoms with E-state index in [-0.39, 0.29) is 5.91 Å². The molecule has 0 aliphatic carbocycles. The first-order valence-corrected chi connectivity index (χ1v) is 7.77. The fourth-order valence-electron chi connectivity index (χ4n) is 2.09. The normalized spacial score (nSPS) is 10.6. The highest BCUT2D eigenvalue weighted by Crippen LogP contribution is 2.20. The molecule has 5 heteroatoms. The topological polar surface area (TPSA) is 43.3 Å². The van der Waals surface area contributed by atoms with E-state index in [0.29, 0.717) is 18.9 Å². The van der Waals surface area contributed by atoms with Crippen LogP contribution in [0.5, 0.6) is 0 Å². The number of halogens is 1. The molecule has 21 heavy (non-hydrogen) atoms. The summed E-state index contributed by atoms with van der Waals surface area (Å²) in [4.78, 5) is 12.4. The van der Waals surface area contributed by atoms with E-state index in [1.54, 1.807) is 0 Å². The van der Waals surface area contributed by atoms with Crippen molar-refractivity contribution >= 4 is 27.5 Å². The lowest BCUT2D eigenvalue weighted by atomic mass is 10.2. The highest BCUT2D eigenvalue weighted by Gasteiger charge is 2.14. The highest BCUT2D eigenvalue weighted by atomic mass is 79.9. The number of aromatic nitrogens is 1. The van der Waals surface area contributed by atoms with Gasteiger partial charge in [0.25, 0.3) is 5.91 Å². The third kappa shape index (κ3) is 3.95. The predicted molar refractivity (Wildman–Crippen MR) is 87.5 cm³/mol. The van der Waals surface area contributed by atoms with Gasteiger partial charge in [-0.15, -0.1) is 0 Å². The Balaban J connectivity index is 2.19. The second kappa shape index (κ2) is 7.43. The van der Waals surface area contributed by atoms with Gasteiger partial charge in [-0.05, 0) is 41.9 Å². The Morgan fingerprint density at radius 1 is 1.33 bits per heavy atom. The molecule has 0 radical (unpaired) electrons. The monoisotopic (exact) mass is 350 g/mol. The van der Waals surface area contributed by atoms with Crippen LogP contribution < -0.4 is 5.32 Å². The van der Waals surface area contributed by atoms with Crippen molar-refractivity contribution in [3.63, 3.8) is 0 Å². The van der Waals surface area contributed by atoms with E-state index < -0.39 is 0 Å². The lowest BCUT2D eigenvalue weighted by Gasteiger charge is -2.12. The fraction of sp³-hybridized carbons (Fsp3) is 0.312. The maximum atomic E-state index is 12.4. The molecule has 1 aromatic heterocycles. The van der Waals surface area contributed by atoms with Crippen molar-refractivity contribution in [2.24, 2.45) is 0 Å². The first kappa shape index (κ1) is 15.8. The largest absolute Gasteiger partial charge is 0.377 e. The lowest BCUT2D eigenvalue weighted by Crippen LogP contribution is -2.17. The molecule has 112 valence electrons. The van der Waals surface area contributed by atoms with Crippen molar-refractivity contribution in [2.75, 3.05) is 11.9 Å². The molecule has 0 saturated heterocycles. The van der Waals surface area contributed by atoms with Gasteiger partial charge in [-0.2, -0.15) is 0 Å². The third-order valence-electron chi connectivity index (χ3n) is 3.16. The first-order valence-electron chi connectivity index (χ1n) is 6.98. The van der Waals surface area contributed by atoms with E-state index in [9.17, 15) is 4.79 Å². The van der Waals surface area contributed by atoms with Gasteiger partial charge < -0.3 is 14.6 Å². The molecule has 1 N–H and O–H groups in total. The number of amides is 1. The number of nitrogens with one attached hydrogen (secondary N) is 1. The van der Waals surface area contributed by atoms with E-state index in [0.717, 1.165) is 22.3 Å². The summed E-state index contributed by atoms with van der Waals surface area (Å²) in [7, 11) is 0. The highest BCUT2D eigenvalue weighted by molar-refractivity contribution is 9.10. The number of para-hydroxylation sites is 1. The quantitative estimate of drug-likeness (QED) is 0.853. The third-order valence-corrected chi connectivity index (χ3v) is 3.60. The molecule has 1 amide bonds. The zero-order chi connectivity index (χ0) is 15.2. The molecular weight excluding hydrogens is 332 g/mol. The number of hydrogen-bond donors (Lipinski definition) is 1. The minimum Gasteiger partial charge on any atom is -0.377 e. The van der Waals surface area contributed by atoms with Gasteiger partial charge in [-0.25, -0.2) is 0 Å². The van der Waals surface area contributed by atoms with Gasteiger partial charge >= 0.3 is 0 Å². The average molecular weight is 351 g/mol. The molecule has 0 aliphatic rings. The number of ether oxygens (including phenoxy) is 1. The Bertz CT molecular complexity index is 622. The lowest BCUT2D eigenvalue weighted by molar-refractivity contribution is 0.101. The van der Waals surface area contributed by atoms with Crippen molar-refractivity contribution in [1.29, 1.82) is 0 Å². The van der Waals surface area contributed by atoms with Crippen molar-refractivity contribution < 1.29 is 9.53 Å². The van der Waals surface area contributed by atoms with Crippen molar-refractivity contribution in [3.05, 3.63) is 52.3 Å². The maximum Gasteiger partial charge on any atom is 0.272 e. The summed E-state index contributed by atoms with van der Waals surface area (Å²) >= 11 is 3.41. The van der Waals surface area contributed by atoms with Crippen molar-refractivity contribution in [1.82, 2.24) is 4.57 Å².